The summed E-state index contributed by atoms with van der Waals surface area (Å²) < 4.78 is 38.0. The molecule has 2 aromatic carbocycles. The van der Waals surface area contributed by atoms with E-state index in [1.165, 1.54) is 6.26 Å². The number of alkyl halides is 1. The smallest absolute Gasteiger partial charge is 0.247 e. The van der Waals surface area contributed by atoms with Gasteiger partial charge in [-0.15, -0.1) is 5.10 Å². The Morgan fingerprint density at radius 2 is 1.79 bits per heavy atom. The molecule has 2 aromatic heterocycles. The van der Waals surface area contributed by atoms with E-state index in [0.717, 1.165) is 16.9 Å². The second-order valence-electron chi connectivity index (χ2n) is 6.37. The number of nitrogens with one attached hydrogen (secondary N) is 1. The SMILES string of the molecule is CS(=O)(=O)c1cccc(-c2cccc3nc(Nc4ccc(CF)cc4)nn23)c1. The van der Waals surface area contributed by atoms with E-state index >= 15 is 0 Å². The molecule has 0 radical (unpaired) electrons. The highest BCUT2D eigenvalue weighted by Gasteiger charge is 2.12. The number of aromatic nitrogens is 3. The summed E-state index contributed by atoms with van der Waals surface area (Å²) in [7, 11) is -3.31. The minimum atomic E-state index is -3.31. The van der Waals surface area contributed by atoms with Gasteiger partial charge in [0, 0.05) is 17.5 Å². The van der Waals surface area contributed by atoms with Crippen LogP contribution in [0.5, 0.6) is 0 Å². The van der Waals surface area contributed by atoms with Crippen LogP contribution in [0.1, 0.15) is 5.56 Å². The second-order valence-corrected chi connectivity index (χ2v) is 8.39. The van der Waals surface area contributed by atoms with Crippen molar-refractivity contribution in [2.24, 2.45) is 0 Å². The summed E-state index contributed by atoms with van der Waals surface area (Å²) in [5.41, 5.74) is 3.40. The van der Waals surface area contributed by atoms with Gasteiger partial charge in [0.25, 0.3) is 0 Å². The standard InChI is InChI=1S/C20H17FN4O2S/c1-28(26,27)17-5-2-4-15(12-17)18-6-3-7-19-23-20(24-25(18)19)22-16-10-8-14(13-21)9-11-16/h2-12H,13H2,1H3,(H,22,24). The highest BCUT2D eigenvalue weighted by Crippen LogP contribution is 2.24. The first kappa shape index (κ1) is 18.1. The average Bonchev–Trinajstić information content (AvgIpc) is 3.10. The highest BCUT2D eigenvalue weighted by atomic mass is 32.2. The number of pyridine rings is 1. The molecule has 0 saturated heterocycles. The summed E-state index contributed by atoms with van der Waals surface area (Å²) in [4.78, 5) is 4.70. The summed E-state index contributed by atoms with van der Waals surface area (Å²) in [5.74, 6) is 0.389. The first-order valence-electron chi connectivity index (χ1n) is 8.52. The fraction of sp³-hybridized carbons (Fsp3) is 0.100. The van der Waals surface area contributed by atoms with E-state index in [9.17, 15) is 12.8 Å². The van der Waals surface area contributed by atoms with E-state index in [2.05, 4.69) is 15.4 Å². The number of hydrogen-bond acceptors (Lipinski definition) is 5. The van der Waals surface area contributed by atoms with Gasteiger partial charge in [-0.1, -0.05) is 30.3 Å². The summed E-state index contributed by atoms with van der Waals surface area (Å²) in [6.07, 6.45) is 1.18. The number of hydrogen-bond donors (Lipinski definition) is 1. The maximum Gasteiger partial charge on any atom is 0.247 e. The van der Waals surface area contributed by atoms with E-state index < -0.39 is 16.5 Å². The van der Waals surface area contributed by atoms with Crippen LogP contribution in [-0.4, -0.2) is 29.3 Å². The van der Waals surface area contributed by atoms with Gasteiger partial charge in [-0.05, 0) is 42.0 Å². The van der Waals surface area contributed by atoms with Crippen LogP contribution in [0.25, 0.3) is 16.9 Å². The molecular weight excluding hydrogens is 379 g/mol. The Morgan fingerprint density at radius 3 is 2.50 bits per heavy atom. The van der Waals surface area contributed by atoms with Crippen molar-refractivity contribution in [1.29, 1.82) is 0 Å². The fourth-order valence-electron chi connectivity index (χ4n) is 2.87. The third-order valence-electron chi connectivity index (χ3n) is 4.28. The van der Waals surface area contributed by atoms with Crippen molar-refractivity contribution < 1.29 is 12.8 Å². The van der Waals surface area contributed by atoms with Crippen LogP contribution in [0.2, 0.25) is 0 Å². The zero-order valence-electron chi connectivity index (χ0n) is 15.0. The van der Waals surface area contributed by atoms with Gasteiger partial charge in [-0.25, -0.2) is 17.3 Å². The topological polar surface area (TPSA) is 76.4 Å². The lowest BCUT2D eigenvalue weighted by atomic mass is 10.1. The number of fused-ring (bicyclic) bond motifs is 1. The van der Waals surface area contributed by atoms with Gasteiger partial charge in [-0.2, -0.15) is 4.98 Å². The van der Waals surface area contributed by atoms with Crippen molar-refractivity contribution in [3.8, 4) is 11.3 Å². The van der Waals surface area contributed by atoms with Crippen molar-refractivity contribution in [1.82, 2.24) is 14.6 Å². The predicted octanol–water partition coefficient (Wildman–Crippen LogP) is 4.01. The molecule has 4 aromatic rings. The minimum absolute atomic E-state index is 0.244. The Morgan fingerprint density at radius 1 is 1.04 bits per heavy atom. The molecule has 0 spiro atoms. The largest absolute Gasteiger partial charge is 0.323 e. The molecule has 0 atom stereocenters. The third kappa shape index (κ3) is 3.59. The molecule has 1 N–H and O–H groups in total. The minimum Gasteiger partial charge on any atom is -0.323 e. The normalized spacial score (nSPS) is 11.6. The third-order valence-corrected chi connectivity index (χ3v) is 5.39. The van der Waals surface area contributed by atoms with Gasteiger partial charge in [0.15, 0.2) is 15.5 Å². The molecule has 4 rings (SSSR count). The van der Waals surface area contributed by atoms with Crippen LogP contribution in [0, 0.1) is 0 Å². The van der Waals surface area contributed by atoms with Crippen LogP contribution in [0.4, 0.5) is 16.0 Å². The average molecular weight is 396 g/mol. The van der Waals surface area contributed by atoms with Gasteiger partial charge >= 0.3 is 0 Å². The van der Waals surface area contributed by atoms with Crippen LogP contribution in [0.3, 0.4) is 0 Å². The monoisotopic (exact) mass is 396 g/mol. The van der Waals surface area contributed by atoms with E-state index in [0.29, 0.717) is 17.2 Å². The van der Waals surface area contributed by atoms with Crippen molar-refractivity contribution in [3.63, 3.8) is 0 Å². The van der Waals surface area contributed by atoms with Crippen LogP contribution >= 0.6 is 0 Å². The van der Waals surface area contributed by atoms with Crippen molar-refractivity contribution in [3.05, 3.63) is 72.3 Å². The fourth-order valence-corrected chi connectivity index (χ4v) is 3.54. The van der Waals surface area contributed by atoms with Crippen molar-refractivity contribution in [2.75, 3.05) is 11.6 Å². The zero-order chi connectivity index (χ0) is 19.7. The van der Waals surface area contributed by atoms with Gasteiger partial charge < -0.3 is 5.32 Å². The maximum absolute atomic E-state index is 12.6. The van der Waals surface area contributed by atoms with E-state index in [1.54, 1.807) is 47.0 Å². The summed E-state index contributed by atoms with van der Waals surface area (Å²) in [6, 6.07) is 19.1. The molecule has 6 nitrogen and oxygen atoms in total. The molecule has 0 aliphatic rings. The Balaban J connectivity index is 1.73. The lowest BCUT2D eigenvalue weighted by molar-refractivity contribution is 0.485. The number of anilines is 2. The Kier molecular flexibility index (Phi) is 4.56. The molecule has 0 fully saturated rings. The molecule has 28 heavy (non-hydrogen) atoms. The van der Waals surface area contributed by atoms with Gasteiger partial charge in [-0.3, -0.25) is 0 Å². The van der Waals surface area contributed by atoms with E-state index in [4.69, 9.17) is 0 Å². The lowest BCUT2D eigenvalue weighted by Crippen LogP contribution is -1.99. The summed E-state index contributed by atoms with van der Waals surface area (Å²) >= 11 is 0. The molecule has 8 heteroatoms. The summed E-state index contributed by atoms with van der Waals surface area (Å²) in [6.45, 7) is -0.511. The number of halogens is 1. The molecule has 0 unspecified atom stereocenters. The first-order chi connectivity index (χ1) is 13.4. The molecular formula is C20H17FN4O2S. The predicted molar refractivity (Wildman–Crippen MR) is 106 cm³/mol. The molecule has 0 bridgehead atoms. The Labute approximate surface area is 161 Å². The highest BCUT2D eigenvalue weighted by molar-refractivity contribution is 7.90. The molecule has 0 amide bonds. The van der Waals surface area contributed by atoms with Crippen LogP contribution in [-0.2, 0) is 16.5 Å². The molecule has 0 aliphatic heterocycles. The number of sulfone groups is 1. The second kappa shape index (κ2) is 7.05. The van der Waals surface area contributed by atoms with E-state index in [1.807, 2.05) is 24.3 Å². The first-order valence-corrected chi connectivity index (χ1v) is 10.4. The maximum atomic E-state index is 12.6. The van der Waals surface area contributed by atoms with Gasteiger partial charge in [0.2, 0.25) is 5.95 Å². The molecule has 0 aliphatic carbocycles. The van der Waals surface area contributed by atoms with Crippen molar-refractivity contribution >= 4 is 27.1 Å². The number of benzene rings is 2. The lowest BCUT2D eigenvalue weighted by Gasteiger charge is -2.06. The zero-order valence-corrected chi connectivity index (χ0v) is 15.8. The number of nitrogens with zero attached hydrogens (tertiary/aromatic N) is 3. The van der Waals surface area contributed by atoms with Gasteiger partial charge in [0.1, 0.15) is 6.67 Å². The van der Waals surface area contributed by atoms with Gasteiger partial charge in [0.05, 0.1) is 10.6 Å². The molecule has 142 valence electrons. The Hall–Kier alpha value is -3.26. The summed E-state index contributed by atoms with van der Waals surface area (Å²) in [5, 5.41) is 7.59. The van der Waals surface area contributed by atoms with Crippen LogP contribution in [0.15, 0.2) is 71.6 Å². The van der Waals surface area contributed by atoms with Crippen molar-refractivity contribution in [2.45, 2.75) is 11.6 Å². The van der Waals surface area contributed by atoms with Crippen LogP contribution < -0.4 is 5.32 Å². The Bertz CT molecular complexity index is 1250. The number of rotatable bonds is 5. The quantitative estimate of drug-likeness (QED) is 0.552. The molecule has 2 heterocycles. The van der Waals surface area contributed by atoms with E-state index in [-0.39, 0.29) is 4.90 Å². The molecule has 0 saturated carbocycles.